The van der Waals surface area contributed by atoms with Crippen molar-refractivity contribution in [3.8, 4) is 0 Å². The van der Waals surface area contributed by atoms with Gasteiger partial charge in [-0.3, -0.25) is 10.1 Å². The van der Waals surface area contributed by atoms with Crippen LogP contribution in [0.5, 0.6) is 0 Å². The molecule has 4 N–H and O–H groups in total. The highest BCUT2D eigenvalue weighted by molar-refractivity contribution is 5.86. The van der Waals surface area contributed by atoms with Crippen LogP contribution in [-0.2, 0) is 14.3 Å². The van der Waals surface area contributed by atoms with Gasteiger partial charge in [-0.2, -0.15) is 0 Å². The van der Waals surface area contributed by atoms with E-state index >= 15 is 0 Å². The smallest absolute Gasteiger partial charge is 0.315 e. The summed E-state index contributed by atoms with van der Waals surface area (Å²) in [5.74, 6) is -0.325. The molecule has 0 aliphatic heterocycles. The number of ether oxygens (including phenoxy) is 1. The molecule has 2 unspecified atom stereocenters. The molecule has 1 saturated carbocycles. The molecule has 9 nitrogen and oxygen atoms in total. The summed E-state index contributed by atoms with van der Waals surface area (Å²) in [6, 6.07) is 15.4. The Kier molecular flexibility index (Phi) is 13.8. The Morgan fingerprint density at radius 3 is 2.39 bits per heavy atom. The zero-order chi connectivity index (χ0) is 27.8. The number of halogens is 1. The number of nitrogens with zero attached hydrogens (tertiary/aromatic N) is 1. The number of aldehydes is 1. The van der Waals surface area contributed by atoms with Crippen LogP contribution < -0.4 is 26.2 Å². The van der Waals surface area contributed by atoms with E-state index in [4.69, 9.17) is 4.74 Å². The maximum absolute atomic E-state index is 13.6. The summed E-state index contributed by atoms with van der Waals surface area (Å²) in [6.07, 6.45) is 6.06. The van der Waals surface area contributed by atoms with Gasteiger partial charge in [0.2, 0.25) is 5.91 Å². The van der Waals surface area contributed by atoms with Gasteiger partial charge in [0.25, 0.3) is 0 Å². The number of amides is 3. The average Bonchev–Trinajstić information content (AvgIpc) is 2.94. The van der Waals surface area contributed by atoms with Crippen molar-refractivity contribution in [2.75, 3.05) is 39.2 Å². The first-order valence-electron chi connectivity index (χ1n) is 12.9. The third-order valence-corrected chi connectivity index (χ3v) is 6.32. The molecular weight excluding hydrogens is 489 g/mol. The second-order valence-electron chi connectivity index (χ2n) is 9.02. The van der Waals surface area contributed by atoms with Gasteiger partial charge in [0.05, 0.1) is 13.1 Å². The van der Waals surface area contributed by atoms with E-state index in [9.17, 15) is 18.8 Å². The third kappa shape index (κ3) is 10.5. The van der Waals surface area contributed by atoms with Crippen LogP contribution in [0.3, 0.4) is 0 Å². The predicted molar refractivity (Wildman–Crippen MR) is 146 cm³/mol. The van der Waals surface area contributed by atoms with Crippen LogP contribution in [0.25, 0.3) is 0 Å². The Hall–Kier alpha value is -3.50. The molecule has 1 aliphatic carbocycles. The van der Waals surface area contributed by atoms with Gasteiger partial charge < -0.3 is 30.4 Å². The number of carbonyl (C=O) groups excluding carboxylic acids is 3. The Labute approximate surface area is 224 Å². The lowest BCUT2D eigenvalue weighted by molar-refractivity contribution is -0.123. The number of methoxy groups -OCH3 is 1. The zero-order valence-electron chi connectivity index (χ0n) is 22.4. The standard InChI is InChI=1S/C21H25FN2O.C7H15N3O3/c1-24(19-14-8-11-17(22)15-19)20(16-9-4-2-5-10-16)21(25)23-18-12-6-3-7-13-18;1-8-6(13-2)5-10-7(12)9-3-4-11/h2,4-5,8-11,14-15,18,20H,3,6-7,12-13H2,1H3,(H,23,25);4,6,8H,3,5H2,1-2H3,(H2,9,10,12). The number of likely N-dealkylation sites (N-methyl/N-ethyl adjacent to an activating group) is 2. The number of benzene rings is 2. The topological polar surface area (TPSA) is 112 Å². The van der Waals surface area contributed by atoms with E-state index in [-0.39, 0.29) is 36.6 Å². The van der Waals surface area contributed by atoms with Crippen molar-refractivity contribution in [3.05, 3.63) is 66.0 Å². The molecule has 3 amide bonds. The van der Waals surface area contributed by atoms with Crippen LogP contribution >= 0.6 is 0 Å². The fraction of sp³-hybridized carbons (Fsp3) is 0.464. The van der Waals surface area contributed by atoms with Crippen molar-refractivity contribution in [1.29, 1.82) is 0 Å². The van der Waals surface area contributed by atoms with E-state index in [1.54, 1.807) is 13.1 Å². The van der Waals surface area contributed by atoms with Gasteiger partial charge >= 0.3 is 6.03 Å². The van der Waals surface area contributed by atoms with Gasteiger partial charge in [0, 0.05) is 25.9 Å². The van der Waals surface area contributed by atoms with E-state index in [2.05, 4.69) is 21.3 Å². The average molecular weight is 530 g/mol. The molecule has 0 aromatic heterocycles. The molecule has 2 aromatic rings. The normalized spacial score (nSPS) is 14.7. The Morgan fingerprint density at radius 1 is 1.08 bits per heavy atom. The number of carbonyl (C=O) groups is 3. The third-order valence-electron chi connectivity index (χ3n) is 6.32. The number of urea groups is 1. The molecule has 3 rings (SSSR count). The number of rotatable bonds is 11. The molecule has 38 heavy (non-hydrogen) atoms. The monoisotopic (exact) mass is 529 g/mol. The molecule has 2 atom stereocenters. The Bertz CT molecular complexity index is 984. The molecule has 0 heterocycles. The quantitative estimate of drug-likeness (QED) is 0.263. The summed E-state index contributed by atoms with van der Waals surface area (Å²) >= 11 is 0. The number of hydrogen-bond donors (Lipinski definition) is 4. The summed E-state index contributed by atoms with van der Waals surface area (Å²) in [4.78, 5) is 35.7. The van der Waals surface area contributed by atoms with Gasteiger partial charge in [-0.15, -0.1) is 0 Å². The van der Waals surface area contributed by atoms with Crippen LogP contribution in [0.4, 0.5) is 14.9 Å². The minimum absolute atomic E-state index is 0.0169. The van der Waals surface area contributed by atoms with Gasteiger partial charge in [0.1, 0.15) is 24.4 Å². The Morgan fingerprint density at radius 2 is 1.79 bits per heavy atom. The van der Waals surface area contributed by atoms with Crippen molar-refractivity contribution >= 4 is 23.9 Å². The van der Waals surface area contributed by atoms with Crippen molar-refractivity contribution in [3.63, 3.8) is 0 Å². The van der Waals surface area contributed by atoms with Crippen molar-refractivity contribution < 1.29 is 23.5 Å². The minimum Gasteiger partial charge on any atom is -0.365 e. The molecule has 0 saturated heterocycles. The zero-order valence-corrected chi connectivity index (χ0v) is 22.4. The van der Waals surface area contributed by atoms with Gasteiger partial charge in [0.15, 0.2) is 0 Å². The first-order chi connectivity index (χ1) is 18.4. The molecular formula is C28H40FN5O4. The van der Waals surface area contributed by atoms with E-state index < -0.39 is 6.04 Å². The van der Waals surface area contributed by atoms with Crippen LogP contribution in [0, 0.1) is 5.82 Å². The number of nitrogens with one attached hydrogen (secondary N) is 4. The highest BCUT2D eigenvalue weighted by Gasteiger charge is 2.28. The molecule has 1 aliphatic rings. The van der Waals surface area contributed by atoms with Gasteiger partial charge in [-0.1, -0.05) is 55.7 Å². The second kappa shape index (κ2) is 17.1. The summed E-state index contributed by atoms with van der Waals surface area (Å²) < 4.78 is 18.6. The highest BCUT2D eigenvalue weighted by atomic mass is 19.1. The summed E-state index contributed by atoms with van der Waals surface area (Å²) in [7, 11) is 5.10. The summed E-state index contributed by atoms with van der Waals surface area (Å²) in [5.41, 5.74) is 1.59. The summed E-state index contributed by atoms with van der Waals surface area (Å²) in [6.45, 7) is 0.362. The summed E-state index contributed by atoms with van der Waals surface area (Å²) in [5, 5.41) is 10.9. The predicted octanol–water partition coefficient (Wildman–Crippen LogP) is 3.13. The molecule has 0 spiro atoms. The van der Waals surface area contributed by atoms with Crippen LogP contribution in [-0.4, -0.2) is 64.8 Å². The SMILES string of the molecule is CN(c1cccc(F)c1)C(C(=O)NC1CCCCC1)c1ccccc1.CNC(CNC(=O)NCC=O)OC. The molecule has 10 heteroatoms. The molecule has 1 fully saturated rings. The van der Waals surface area contributed by atoms with E-state index in [1.807, 2.05) is 48.3 Å². The molecule has 2 aromatic carbocycles. The molecule has 0 bridgehead atoms. The van der Waals surface area contributed by atoms with Crippen molar-refractivity contribution in [2.45, 2.75) is 50.4 Å². The lowest BCUT2D eigenvalue weighted by Gasteiger charge is -2.32. The van der Waals surface area contributed by atoms with Crippen molar-refractivity contribution in [2.24, 2.45) is 0 Å². The fourth-order valence-corrected chi connectivity index (χ4v) is 4.24. The molecule has 0 radical (unpaired) electrons. The van der Waals surface area contributed by atoms with Crippen molar-refractivity contribution in [1.82, 2.24) is 21.3 Å². The lowest BCUT2D eigenvalue weighted by atomic mass is 9.94. The Balaban J connectivity index is 0.000000332. The van der Waals surface area contributed by atoms with E-state index in [1.165, 1.54) is 38.5 Å². The maximum Gasteiger partial charge on any atom is 0.315 e. The van der Waals surface area contributed by atoms with E-state index in [0.717, 1.165) is 18.4 Å². The highest BCUT2D eigenvalue weighted by Crippen LogP contribution is 2.27. The van der Waals surface area contributed by atoms with Gasteiger partial charge in [-0.25, -0.2) is 9.18 Å². The first-order valence-corrected chi connectivity index (χ1v) is 12.9. The maximum atomic E-state index is 13.6. The number of hydrogen-bond acceptors (Lipinski definition) is 6. The largest absolute Gasteiger partial charge is 0.365 e. The second-order valence-corrected chi connectivity index (χ2v) is 9.02. The van der Waals surface area contributed by atoms with E-state index in [0.29, 0.717) is 18.5 Å². The molecule has 208 valence electrons. The van der Waals surface area contributed by atoms with Crippen LogP contribution in [0.15, 0.2) is 54.6 Å². The fourth-order valence-electron chi connectivity index (χ4n) is 4.24. The minimum atomic E-state index is -0.482. The van der Waals surface area contributed by atoms with Crippen LogP contribution in [0.2, 0.25) is 0 Å². The number of anilines is 1. The van der Waals surface area contributed by atoms with Crippen LogP contribution in [0.1, 0.15) is 43.7 Å². The van der Waals surface area contributed by atoms with Gasteiger partial charge in [-0.05, 0) is 43.7 Å². The first kappa shape index (κ1) is 30.7. The lowest BCUT2D eigenvalue weighted by Crippen LogP contribution is -2.44.